The van der Waals surface area contributed by atoms with E-state index >= 15 is 0 Å². The van der Waals surface area contributed by atoms with E-state index in [4.69, 9.17) is 14.9 Å². The van der Waals surface area contributed by atoms with Crippen LogP contribution in [0.15, 0.2) is 60.8 Å². The van der Waals surface area contributed by atoms with Gasteiger partial charge in [0.05, 0.1) is 6.61 Å². The minimum absolute atomic E-state index is 0.150. The van der Waals surface area contributed by atoms with E-state index in [9.17, 15) is 4.79 Å². The Morgan fingerprint density at radius 3 is 2.13 bits per heavy atom. The quantitative estimate of drug-likeness (QED) is 0.329. The summed E-state index contributed by atoms with van der Waals surface area (Å²) in [5.74, 6) is -0.353. The van der Waals surface area contributed by atoms with Crippen LogP contribution in [0.2, 0.25) is 0 Å². The van der Waals surface area contributed by atoms with Gasteiger partial charge in [-0.05, 0) is 19.3 Å². The van der Waals surface area contributed by atoms with Crippen molar-refractivity contribution in [2.45, 2.75) is 38.7 Å². The predicted molar refractivity (Wildman–Crippen MR) is 93.9 cm³/mol. The lowest BCUT2D eigenvalue weighted by molar-refractivity contribution is -0.147. The molecule has 0 aromatic rings. The molecule has 0 bridgehead atoms. The molecule has 0 radical (unpaired) electrons. The molecule has 0 aliphatic carbocycles. The van der Waals surface area contributed by atoms with Crippen molar-refractivity contribution < 1.29 is 19.7 Å². The molecule has 0 aliphatic rings. The van der Waals surface area contributed by atoms with Gasteiger partial charge in [0.1, 0.15) is 12.7 Å². The van der Waals surface area contributed by atoms with Gasteiger partial charge in [-0.3, -0.25) is 4.79 Å². The molecule has 0 amide bonds. The summed E-state index contributed by atoms with van der Waals surface area (Å²) in [5, 5.41) is 17.6. The average Bonchev–Trinajstić information content (AvgIpc) is 2.56. The molecule has 0 aliphatic heterocycles. The summed E-state index contributed by atoms with van der Waals surface area (Å²) in [4.78, 5) is 11.3. The van der Waals surface area contributed by atoms with Crippen LogP contribution in [0.4, 0.5) is 0 Å². The maximum absolute atomic E-state index is 11.3. The van der Waals surface area contributed by atoms with E-state index in [0.29, 0.717) is 12.8 Å². The Morgan fingerprint density at radius 1 is 1.00 bits per heavy atom. The van der Waals surface area contributed by atoms with Gasteiger partial charge in [0.15, 0.2) is 0 Å². The van der Waals surface area contributed by atoms with E-state index in [1.54, 1.807) is 0 Å². The summed E-state index contributed by atoms with van der Waals surface area (Å²) >= 11 is 0. The summed E-state index contributed by atoms with van der Waals surface area (Å²) in [6.07, 6.45) is 21.6. The SMILES string of the molecule is CC/C=C/C=C/C=C/C=C/C=C/CCCC(=O)OCC(O)CO. The monoisotopic (exact) mass is 320 g/mol. The number of carbonyl (C=O) groups excluding carboxylic acids is 1. The molecule has 0 aromatic carbocycles. The lowest BCUT2D eigenvalue weighted by Crippen LogP contribution is -2.21. The number of aliphatic hydroxyl groups excluding tert-OH is 2. The number of hydrogen-bond donors (Lipinski definition) is 2. The second kappa shape index (κ2) is 16.5. The Hall–Kier alpha value is -1.91. The highest BCUT2D eigenvalue weighted by molar-refractivity contribution is 5.69. The Kier molecular flexibility index (Phi) is 15.1. The first-order chi connectivity index (χ1) is 11.2. The lowest BCUT2D eigenvalue weighted by Gasteiger charge is -2.07. The van der Waals surface area contributed by atoms with Crippen LogP contribution >= 0.6 is 0 Å². The standard InChI is InChI=1S/C19H28O4/c1-2-3-4-5-6-7-8-9-10-11-12-13-14-15-19(22)23-17-18(21)16-20/h3-12,18,20-21H,2,13-17H2,1H3/b4-3+,6-5+,8-7+,10-9+,12-11+. The van der Waals surface area contributed by atoms with Crippen LogP contribution in [0.1, 0.15) is 32.6 Å². The Bertz CT molecular complexity index is 431. The van der Waals surface area contributed by atoms with Crippen LogP contribution in [0.3, 0.4) is 0 Å². The topological polar surface area (TPSA) is 66.8 Å². The third-order valence-corrected chi connectivity index (χ3v) is 2.68. The van der Waals surface area contributed by atoms with Gasteiger partial charge in [-0.15, -0.1) is 0 Å². The molecule has 4 nitrogen and oxygen atoms in total. The molecule has 1 atom stereocenters. The van der Waals surface area contributed by atoms with Crippen molar-refractivity contribution in [3.05, 3.63) is 60.8 Å². The fraction of sp³-hybridized carbons (Fsp3) is 0.421. The van der Waals surface area contributed by atoms with E-state index < -0.39 is 12.7 Å². The number of allylic oxidation sites excluding steroid dienone is 10. The Morgan fingerprint density at radius 2 is 1.57 bits per heavy atom. The summed E-state index contributed by atoms with van der Waals surface area (Å²) in [6.45, 7) is 1.55. The van der Waals surface area contributed by atoms with Crippen LogP contribution in [0, 0.1) is 0 Å². The normalized spacial score (nSPS) is 14.0. The van der Waals surface area contributed by atoms with E-state index in [1.165, 1.54) is 0 Å². The first kappa shape index (κ1) is 21.1. The molecule has 0 saturated carbocycles. The van der Waals surface area contributed by atoms with Crippen LogP contribution in [-0.4, -0.2) is 35.5 Å². The highest BCUT2D eigenvalue weighted by Gasteiger charge is 2.06. The van der Waals surface area contributed by atoms with Gasteiger partial charge in [-0.1, -0.05) is 67.7 Å². The van der Waals surface area contributed by atoms with Gasteiger partial charge in [0.25, 0.3) is 0 Å². The van der Waals surface area contributed by atoms with E-state index in [0.717, 1.165) is 12.8 Å². The largest absolute Gasteiger partial charge is 0.463 e. The summed E-state index contributed by atoms with van der Waals surface area (Å²) in [5.41, 5.74) is 0. The minimum atomic E-state index is -0.991. The van der Waals surface area contributed by atoms with Gasteiger partial charge in [-0.2, -0.15) is 0 Å². The van der Waals surface area contributed by atoms with Gasteiger partial charge in [0.2, 0.25) is 0 Å². The van der Waals surface area contributed by atoms with E-state index in [2.05, 4.69) is 13.0 Å². The van der Waals surface area contributed by atoms with Crippen molar-refractivity contribution in [2.75, 3.05) is 13.2 Å². The molecule has 4 heteroatoms. The molecule has 0 heterocycles. The van der Waals surface area contributed by atoms with Crippen molar-refractivity contribution in [3.63, 3.8) is 0 Å². The van der Waals surface area contributed by atoms with Gasteiger partial charge in [-0.25, -0.2) is 0 Å². The second-order valence-corrected chi connectivity index (χ2v) is 4.83. The fourth-order valence-corrected chi connectivity index (χ4v) is 1.45. The molecule has 1 unspecified atom stereocenters. The predicted octanol–water partition coefficient (Wildman–Crippen LogP) is 3.24. The summed E-state index contributed by atoms with van der Waals surface area (Å²) < 4.78 is 4.79. The zero-order valence-corrected chi connectivity index (χ0v) is 13.8. The van der Waals surface area contributed by atoms with Crippen molar-refractivity contribution in [2.24, 2.45) is 0 Å². The number of unbranched alkanes of at least 4 members (excludes halogenated alkanes) is 1. The molecule has 0 aromatic heterocycles. The maximum Gasteiger partial charge on any atom is 0.305 e. The van der Waals surface area contributed by atoms with Crippen LogP contribution in [-0.2, 0) is 9.53 Å². The zero-order chi connectivity index (χ0) is 17.2. The highest BCUT2D eigenvalue weighted by Crippen LogP contribution is 2.00. The molecular formula is C19H28O4. The van der Waals surface area contributed by atoms with Crippen LogP contribution in [0.5, 0.6) is 0 Å². The molecule has 0 saturated heterocycles. The number of hydrogen-bond acceptors (Lipinski definition) is 4. The van der Waals surface area contributed by atoms with Crippen LogP contribution < -0.4 is 0 Å². The van der Waals surface area contributed by atoms with Gasteiger partial charge >= 0.3 is 5.97 Å². The Balaban J connectivity index is 3.65. The average molecular weight is 320 g/mol. The summed E-state index contributed by atoms with van der Waals surface area (Å²) in [7, 11) is 0. The van der Waals surface area contributed by atoms with Crippen molar-refractivity contribution in [1.29, 1.82) is 0 Å². The zero-order valence-electron chi connectivity index (χ0n) is 13.8. The number of carbonyl (C=O) groups is 1. The number of ether oxygens (including phenoxy) is 1. The number of aliphatic hydroxyl groups is 2. The maximum atomic E-state index is 11.3. The molecule has 2 N–H and O–H groups in total. The fourth-order valence-electron chi connectivity index (χ4n) is 1.45. The lowest BCUT2D eigenvalue weighted by atomic mass is 10.2. The molecule has 0 spiro atoms. The number of rotatable bonds is 12. The van der Waals surface area contributed by atoms with Crippen molar-refractivity contribution >= 4 is 5.97 Å². The molecule has 0 fully saturated rings. The first-order valence-corrected chi connectivity index (χ1v) is 7.97. The molecule has 128 valence electrons. The Labute approximate surface area is 139 Å². The minimum Gasteiger partial charge on any atom is -0.463 e. The third kappa shape index (κ3) is 16.3. The first-order valence-electron chi connectivity index (χ1n) is 7.97. The van der Waals surface area contributed by atoms with E-state index in [1.807, 2.05) is 54.7 Å². The molecule has 23 heavy (non-hydrogen) atoms. The third-order valence-electron chi connectivity index (χ3n) is 2.68. The highest BCUT2D eigenvalue weighted by atomic mass is 16.5. The van der Waals surface area contributed by atoms with Crippen molar-refractivity contribution in [1.82, 2.24) is 0 Å². The van der Waals surface area contributed by atoms with Gasteiger partial charge < -0.3 is 14.9 Å². The van der Waals surface area contributed by atoms with Gasteiger partial charge in [0, 0.05) is 6.42 Å². The van der Waals surface area contributed by atoms with Crippen LogP contribution in [0.25, 0.3) is 0 Å². The molecule has 0 rings (SSSR count). The van der Waals surface area contributed by atoms with Crippen molar-refractivity contribution in [3.8, 4) is 0 Å². The summed E-state index contributed by atoms with van der Waals surface area (Å²) in [6, 6.07) is 0. The smallest absolute Gasteiger partial charge is 0.305 e. The van der Waals surface area contributed by atoms with E-state index in [-0.39, 0.29) is 12.6 Å². The molecular weight excluding hydrogens is 292 g/mol. The number of esters is 1. The second-order valence-electron chi connectivity index (χ2n) is 4.83.